The van der Waals surface area contributed by atoms with Crippen LogP contribution in [-0.4, -0.2) is 40.3 Å². The van der Waals surface area contributed by atoms with Gasteiger partial charge in [0.05, 0.1) is 11.0 Å². The van der Waals surface area contributed by atoms with Crippen LogP contribution in [0.25, 0.3) is 11.0 Å². The molecule has 1 unspecified atom stereocenters. The molecule has 0 bridgehead atoms. The van der Waals surface area contributed by atoms with Crippen molar-refractivity contribution in [3.8, 4) is 5.75 Å². The van der Waals surface area contributed by atoms with Crippen LogP contribution in [0.1, 0.15) is 42.9 Å². The number of pyridine rings is 1. The van der Waals surface area contributed by atoms with Crippen molar-refractivity contribution in [2.24, 2.45) is 0 Å². The summed E-state index contributed by atoms with van der Waals surface area (Å²) >= 11 is 0. The highest BCUT2D eigenvalue weighted by molar-refractivity contribution is 5.79. The lowest BCUT2D eigenvalue weighted by Crippen LogP contribution is -2.36. The number of aryl methyl sites for hydroxylation is 1. The second-order valence-electron chi connectivity index (χ2n) is 8.88. The molecular weight excluding hydrogens is 438 g/mol. The van der Waals surface area contributed by atoms with E-state index in [1.54, 1.807) is 0 Å². The SMILES string of the molecule is CCOC(c1nc(C)ccc1OCc1ccccc1)n1c(NC2CCNCC2)nc2ccccc21. The molecule has 35 heavy (non-hydrogen) atoms. The molecule has 4 aromatic rings. The second kappa shape index (κ2) is 10.9. The predicted molar refractivity (Wildman–Crippen MR) is 139 cm³/mol. The predicted octanol–water partition coefficient (Wildman–Crippen LogP) is 5.07. The quantitative estimate of drug-likeness (QED) is 0.355. The number of aromatic nitrogens is 3. The largest absolute Gasteiger partial charge is 0.487 e. The first-order valence-corrected chi connectivity index (χ1v) is 12.4. The minimum Gasteiger partial charge on any atom is -0.487 e. The van der Waals surface area contributed by atoms with E-state index in [-0.39, 0.29) is 0 Å². The first-order valence-electron chi connectivity index (χ1n) is 12.4. The molecule has 2 aromatic heterocycles. The normalized spacial score (nSPS) is 15.3. The number of rotatable bonds is 9. The minimum atomic E-state index is -0.484. The maximum Gasteiger partial charge on any atom is 0.206 e. The van der Waals surface area contributed by atoms with Gasteiger partial charge in [0.2, 0.25) is 5.95 Å². The molecule has 1 fully saturated rings. The number of nitrogens with zero attached hydrogens (tertiary/aromatic N) is 3. The van der Waals surface area contributed by atoms with Gasteiger partial charge in [-0.2, -0.15) is 0 Å². The van der Waals surface area contributed by atoms with Crippen LogP contribution in [0.3, 0.4) is 0 Å². The standard InChI is InChI=1S/C28H33N5O2/c1-3-34-27(26-25(14-13-20(2)30-26)35-19-21-9-5-4-6-10-21)33-24-12-8-7-11-23(24)32-28(33)31-22-15-17-29-18-16-22/h4-14,22,27,29H,3,15-19H2,1-2H3,(H,31,32). The summed E-state index contributed by atoms with van der Waals surface area (Å²) in [4.78, 5) is 9.88. The van der Waals surface area contributed by atoms with E-state index >= 15 is 0 Å². The average Bonchev–Trinajstić information content (AvgIpc) is 3.25. The summed E-state index contributed by atoms with van der Waals surface area (Å²) in [7, 11) is 0. The van der Waals surface area contributed by atoms with Crippen LogP contribution in [0.5, 0.6) is 5.75 Å². The summed E-state index contributed by atoms with van der Waals surface area (Å²) in [5.74, 6) is 1.51. The Morgan fingerprint density at radius 1 is 1.00 bits per heavy atom. The third kappa shape index (κ3) is 5.31. The maximum absolute atomic E-state index is 6.39. The Morgan fingerprint density at radius 2 is 1.77 bits per heavy atom. The number of imidazole rings is 1. The Labute approximate surface area is 206 Å². The molecule has 182 valence electrons. The lowest BCUT2D eigenvalue weighted by atomic mass is 10.1. The van der Waals surface area contributed by atoms with Crippen LogP contribution in [0.15, 0.2) is 66.7 Å². The van der Waals surface area contributed by atoms with Crippen molar-refractivity contribution in [1.29, 1.82) is 0 Å². The molecule has 3 heterocycles. The maximum atomic E-state index is 6.39. The van der Waals surface area contributed by atoms with Crippen LogP contribution in [0.4, 0.5) is 5.95 Å². The van der Waals surface area contributed by atoms with E-state index in [0.717, 1.165) is 59.9 Å². The first-order chi connectivity index (χ1) is 17.2. The summed E-state index contributed by atoms with van der Waals surface area (Å²) in [5.41, 5.74) is 4.69. The van der Waals surface area contributed by atoms with Crippen LogP contribution >= 0.6 is 0 Å². The van der Waals surface area contributed by atoms with Crippen LogP contribution in [-0.2, 0) is 11.3 Å². The molecule has 1 saturated heterocycles. The van der Waals surface area contributed by atoms with Crippen molar-refractivity contribution >= 4 is 17.0 Å². The zero-order valence-corrected chi connectivity index (χ0v) is 20.4. The number of ether oxygens (including phenoxy) is 2. The average molecular weight is 472 g/mol. The molecule has 0 spiro atoms. The highest BCUT2D eigenvalue weighted by atomic mass is 16.5. The molecule has 7 heteroatoms. The van der Waals surface area contributed by atoms with Crippen molar-refractivity contribution < 1.29 is 9.47 Å². The summed E-state index contributed by atoms with van der Waals surface area (Å²) in [6.45, 7) is 6.99. The molecule has 0 radical (unpaired) electrons. The van der Waals surface area contributed by atoms with Gasteiger partial charge in [0.1, 0.15) is 18.1 Å². The highest BCUT2D eigenvalue weighted by Crippen LogP contribution is 2.34. The number of fused-ring (bicyclic) bond motifs is 1. The molecular formula is C28H33N5O2. The van der Waals surface area contributed by atoms with Crippen LogP contribution in [0.2, 0.25) is 0 Å². The molecule has 7 nitrogen and oxygen atoms in total. The Morgan fingerprint density at radius 3 is 2.57 bits per heavy atom. The lowest BCUT2D eigenvalue weighted by Gasteiger charge is -2.27. The molecule has 1 atom stereocenters. The molecule has 0 amide bonds. The molecule has 0 aliphatic carbocycles. The van der Waals surface area contributed by atoms with Crippen LogP contribution in [0, 0.1) is 6.92 Å². The number of anilines is 1. The van der Waals surface area contributed by atoms with Gasteiger partial charge in [-0.05, 0) is 69.6 Å². The highest BCUT2D eigenvalue weighted by Gasteiger charge is 2.27. The molecule has 2 N–H and O–H groups in total. The number of hydrogen-bond acceptors (Lipinski definition) is 6. The number of para-hydroxylation sites is 2. The molecule has 1 aliphatic rings. The number of benzene rings is 2. The van der Waals surface area contributed by atoms with Gasteiger partial charge in [-0.15, -0.1) is 0 Å². The van der Waals surface area contributed by atoms with Crippen molar-refractivity contribution in [3.63, 3.8) is 0 Å². The number of hydrogen-bond donors (Lipinski definition) is 2. The smallest absolute Gasteiger partial charge is 0.206 e. The van der Waals surface area contributed by atoms with Gasteiger partial charge in [-0.1, -0.05) is 42.5 Å². The fourth-order valence-corrected chi connectivity index (χ4v) is 4.56. The van der Waals surface area contributed by atoms with E-state index in [0.29, 0.717) is 25.0 Å². The van der Waals surface area contributed by atoms with Crippen molar-refractivity contribution in [2.45, 2.75) is 45.6 Å². The van der Waals surface area contributed by atoms with E-state index in [9.17, 15) is 0 Å². The monoisotopic (exact) mass is 471 g/mol. The van der Waals surface area contributed by atoms with Crippen molar-refractivity contribution in [1.82, 2.24) is 19.9 Å². The zero-order valence-electron chi connectivity index (χ0n) is 20.4. The van der Waals surface area contributed by atoms with E-state index in [1.165, 1.54) is 0 Å². The van der Waals surface area contributed by atoms with Crippen LogP contribution < -0.4 is 15.4 Å². The van der Waals surface area contributed by atoms with Gasteiger partial charge in [0.25, 0.3) is 0 Å². The number of piperidine rings is 1. The second-order valence-corrected chi connectivity index (χ2v) is 8.88. The molecule has 5 rings (SSSR count). The molecule has 2 aromatic carbocycles. The van der Waals surface area contributed by atoms with E-state index in [2.05, 4.69) is 33.4 Å². The fraction of sp³-hybridized carbons (Fsp3) is 0.357. The Hall–Kier alpha value is -3.42. The fourth-order valence-electron chi connectivity index (χ4n) is 4.56. The van der Waals surface area contributed by atoms with E-state index in [4.69, 9.17) is 19.4 Å². The summed E-state index contributed by atoms with van der Waals surface area (Å²) < 4.78 is 14.8. The van der Waals surface area contributed by atoms with Crippen molar-refractivity contribution in [2.75, 3.05) is 25.0 Å². The van der Waals surface area contributed by atoms with Gasteiger partial charge >= 0.3 is 0 Å². The third-order valence-corrected chi connectivity index (χ3v) is 6.32. The van der Waals surface area contributed by atoms with Gasteiger partial charge < -0.3 is 20.1 Å². The van der Waals surface area contributed by atoms with Gasteiger partial charge in [-0.25, -0.2) is 9.97 Å². The van der Waals surface area contributed by atoms with Gasteiger partial charge in [-0.3, -0.25) is 4.57 Å². The van der Waals surface area contributed by atoms with Gasteiger partial charge in [0, 0.05) is 18.3 Å². The Bertz CT molecular complexity index is 1250. The number of nitrogens with one attached hydrogen (secondary N) is 2. The zero-order chi connectivity index (χ0) is 24.0. The summed E-state index contributed by atoms with van der Waals surface area (Å²) in [6, 6.07) is 22.7. The van der Waals surface area contributed by atoms with Crippen molar-refractivity contribution in [3.05, 3.63) is 83.7 Å². The Balaban J connectivity index is 1.56. The Kier molecular flexibility index (Phi) is 7.25. The van der Waals surface area contributed by atoms with Gasteiger partial charge in [0.15, 0.2) is 6.23 Å². The lowest BCUT2D eigenvalue weighted by molar-refractivity contribution is 0.0394. The van der Waals surface area contributed by atoms with E-state index < -0.39 is 6.23 Å². The molecule has 0 saturated carbocycles. The minimum absolute atomic E-state index is 0.355. The topological polar surface area (TPSA) is 73.2 Å². The summed E-state index contributed by atoms with van der Waals surface area (Å²) in [5, 5.41) is 7.14. The third-order valence-electron chi connectivity index (χ3n) is 6.32. The summed E-state index contributed by atoms with van der Waals surface area (Å²) in [6.07, 6.45) is 1.62. The first kappa shape index (κ1) is 23.3. The van der Waals surface area contributed by atoms with E-state index in [1.807, 2.05) is 62.4 Å². The molecule has 1 aliphatic heterocycles.